The first-order valence-corrected chi connectivity index (χ1v) is 7.42. The summed E-state index contributed by atoms with van der Waals surface area (Å²) in [4.78, 5) is 8.91. The van der Waals surface area contributed by atoms with Crippen LogP contribution < -0.4 is 10.7 Å². The molecule has 0 spiro atoms. The van der Waals surface area contributed by atoms with E-state index >= 15 is 0 Å². The molecule has 0 radical (unpaired) electrons. The lowest BCUT2D eigenvalue weighted by molar-refractivity contribution is 0.232. The minimum atomic E-state index is 0.246. The van der Waals surface area contributed by atoms with Crippen LogP contribution in [0.15, 0.2) is 45.7 Å². The van der Waals surface area contributed by atoms with Crippen molar-refractivity contribution < 1.29 is 4.84 Å². The number of nitrogens with one attached hydrogen (secondary N) is 3. The Bertz CT molecular complexity index is 501. The van der Waals surface area contributed by atoms with Gasteiger partial charge >= 0.3 is 0 Å². The van der Waals surface area contributed by atoms with Gasteiger partial charge in [-0.1, -0.05) is 5.16 Å². The summed E-state index contributed by atoms with van der Waals surface area (Å²) in [5.74, 6) is 1.05. The number of nitrogens with zero attached hydrogens (tertiary/aromatic N) is 3. The molecule has 0 aliphatic carbocycles. The predicted molar refractivity (Wildman–Crippen MR) is 97.6 cm³/mol. The van der Waals surface area contributed by atoms with E-state index in [1.54, 1.807) is 26.0 Å². The minimum absolute atomic E-state index is 0.246. The third-order valence-corrected chi connectivity index (χ3v) is 2.68. The maximum Gasteiger partial charge on any atom is 0.134 e. The normalized spacial score (nSPS) is 13.2. The molecule has 23 heavy (non-hydrogen) atoms. The van der Waals surface area contributed by atoms with Gasteiger partial charge in [-0.05, 0) is 40.0 Å². The van der Waals surface area contributed by atoms with Gasteiger partial charge in [0.25, 0.3) is 0 Å². The van der Waals surface area contributed by atoms with Crippen molar-refractivity contribution in [3.05, 3.63) is 35.5 Å². The second kappa shape index (κ2) is 12.2. The van der Waals surface area contributed by atoms with E-state index in [2.05, 4.69) is 34.5 Å². The number of hydrazine groups is 1. The fourth-order valence-electron chi connectivity index (χ4n) is 1.58. The molecule has 0 rings (SSSR count). The molecule has 0 aromatic rings. The van der Waals surface area contributed by atoms with Gasteiger partial charge in [0.15, 0.2) is 0 Å². The molecule has 7 nitrogen and oxygen atoms in total. The average Bonchev–Trinajstić information content (AvgIpc) is 2.54. The molecule has 0 aliphatic rings. The molecule has 0 aromatic heterocycles. The molecule has 0 saturated heterocycles. The zero-order valence-electron chi connectivity index (χ0n) is 14.7. The molecule has 0 saturated carbocycles. The Kier molecular flexibility index (Phi) is 10.9. The van der Waals surface area contributed by atoms with Crippen LogP contribution in [0, 0.1) is 5.41 Å². The van der Waals surface area contributed by atoms with Crippen LogP contribution in [0.3, 0.4) is 0 Å². The van der Waals surface area contributed by atoms with E-state index in [4.69, 9.17) is 10.2 Å². The molecular formula is C16H28N6O. The Balaban J connectivity index is 4.70. The number of hydrogen-bond acceptors (Lipinski definition) is 7. The molecule has 0 heterocycles. The van der Waals surface area contributed by atoms with Crippen molar-refractivity contribution in [2.45, 2.75) is 27.7 Å². The van der Waals surface area contributed by atoms with Crippen LogP contribution in [-0.4, -0.2) is 43.8 Å². The van der Waals surface area contributed by atoms with Crippen LogP contribution in [0.1, 0.15) is 27.7 Å². The molecule has 7 heteroatoms. The maximum atomic E-state index is 7.90. The Morgan fingerprint density at radius 2 is 2.04 bits per heavy atom. The summed E-state index contributed by atoms with van der Waals surface area (Å²) in [6.45, 7) is 12.6. The summed E-state index contributed by atoms with van der Waals surface area (Å²) < 4.78 is 0. The van der Waals surface area contributed by atoms with Gasteiger partial charge in [-0.3, -0.25) is 0 Å². The van der Waals surface area contributed by atoms with Gasteiger partial charge in [0.1, 0.15) is 11.6 Å². The molecular weight excluding hydrogens is 292 g/mol. The SMILES string of the molecule is C=N/C(=C\C(=N)/C=C(\C)O/N=C/C)NC/C(C)=C/N(CC)NC. The van der Waals surface area contributed by atoms with E-state index < -0.39 is 0 Å². The van der Waals surface area contributed by atoms with Crippen molar-refractivity contribution in [2.24, 2.45) is 10.1 Å². The van der Waals surface area contributed by atoms with Crippen molar-refractivity contribution in [1.29, 1.82) is 5.41 Å². The Morgan fingerprint density at radius 3 is 2.57 bits per heavy atom. The summed E-state index contributed by atoms with van der Waals surface area (Å²) in [6, 6.07) is 0. The summed E-state index contributed by atoms with van der Waals surface area (Å²) in [6.07, 6.45) is 6.69. The second-order valence-electron chi connectivity index (χ2n) is 4.69. The Labute approximate surface area is 139 Å². The van der Waals surface area contributed by atoms with E-state index in [1.165, 1.54) is 6.21 Å². The van der Waals surface area contributed by atoms with Gasteiger partial charge in [-0.25, -0.2) is 10.4 Å². The molecule has 0 bridgehead atoms. The van der Waals surface area contributed by atoms with Gasteiger partial charge < -0.3 is 20.6 Å². The topological polar surface area (TPSA) is 85.1 Å². The smallest absolute Gasteiger partial charge is 0.134 e. The van der Waals surface area contributed by atoms with E-state index in [-0.39, 0.29) is 5.71 Å². The van der Waals surface area contributed by atoms with Crippen LogP contribution in [0.5, 0.6) is 0 Å². The fraction of sp³-hybridized carbons (Fsp3) is 0.438. The lowest BCUT2D eigenvalue weighted by atomic mass is 10.3. The van der Waals surface area contributed by atoms with Crippen molar-refractivity contribution in [2.75, 3.05) is 20.1 Å². The number of allylic oxidation sites excluding steroid dienone is 3. The molecule has 3 N–H and O–H groups in total. The first-order chi connectivity index (χ1) is 11.0. The number of hydrogen-bond donors (Lipinski definition) is 3. The predicted octanol–water partition coefficient (Wildman–Crippen LogP) is 2.42. The quantitative estimate of drug-likeness (QED) is 0.310. The third-order valence-electron chi connectivity index (χ3n) is 2.68. The average molecular weight is 320 g/mol. The zero-order valence-corrected chi connectivity index (χ0v) is 14.7. The highest BCUT2D eigenvalue weighted by atomic mass is 16.6. The fourth-order valence-corrected chi connectivity index (χ4v) is 1.58. The number of aliphatic imine (C=N–C) groups is 1. The second-order valence-corrected chi connectivity index (χ2v) is 4.69. The summed E-state index contributed by atoms with van der Waals surface area (Å²) >= 11 is 0. The molecule has 0 unspecified atom stereocenters. The van der Waals surface area contributed by atoms with Gasteiger partial charge in [0.2, 0.25) is 0 Å². The summed E-state index contributed by atoms with van der Waals surface area (Å²) in [5, 5.41) is 16.7. The highest BCUT2D eigenvalue weighted by molar-refractivity contribution is 6.02. The molecule has 0 aromatic carbocycles. The van der Waals surface area contributed by atoms with Crippen molar-refractivity contribution >= 4 is 18.6 Å². The first-order valence-electron chi connectivity index (χ1n) is 7.42. The van der Waals surface area contributed by atoms with Crippen LogP contribution in [0.25, 0.3) is 0 Å². The van der Waals surface area contributed by atoms with Crippen molar-refractivity contribution in [1.82, 2.24) is 15.8 Å². The Morgan fingerprint density at radius 1 is 1.35 bits per heavy atom. The van der Waals surface area contributed by atoms with Gasteiger partial charge in [0.05, 0.1) is 5.71 Å². The third kappa shape index (κ3) is 10.0. The lowest BCUT2D eigenvalue weighted by Gasteiger charge is -2.18. The van der Waals surface area contributed by atoms with Crippen LogP contribution >= 0.6 is 0 Å². The van der Waals surface area contributed by atoms with Crippen molar-refractivity contribution in [3.8, 4) is 0 Å². The van der Waals surface area contributed by atoms with Crippen LogP contribution in [-0.2, 0) is 4.84 Å². The number of rotatable bonds is 11. The highest BCUT2D eigenvalue weighted by Crippen LogP contribution is 2.01. The molecule has 0 atom stereocenters. The summed E-state index contributed by atoms with van der Waals surface area (Å²) in [5.41, 5.74) is 4.43. The first kappa shape index (κ1) is 20.6. The zero-order chi connectivity index (χ0) is 17.7. The monoisotopic (exact) mass is 320 g/mol. The standard InChI is InChI=1S/C16H28N6O/c1-7-21-23-14(4)9-15(17)10-16(18-5)20-11-13(3)12-22(8-2)19-6/h7,9-10,12,17,19-20H,5,8,11H2,1-4,6H3/b13-12+,14-9+,16-10+,17-15?,21-7+. The van der Waals surface area contributed by atoms with E-state index in [0.29, 0.717) is 18.1 Å². The highest BCUT2D eigenvalue weighted by Gasteiger charge is 1.99. The van der Waals surface area contributed by atoms with Gasteiger partial charge in [-0.2, -0.15) is 0 Å². The number of oxime groups is 1. The molecule has 128 valence electrons. The van der Waals surface area contributed by atoms with Crippen LogP contribution in [0.2, 0.25) is 0 Å². The van der Waals surface area contributed by atoms with E-state index in [1.807, 2.05) is 25.2 Å². The van der Waals surface area contributed by atoms with Gasteiger partial charge in [0, 0.05) is 44.7 Å². The van der Waals surface area contributed by atoms with E-state index in [9.17, 15) is 0 Å². The van der Waals surface area contributed by atoms with E-state index in [0.717, 1.165) is 12.1 Å². The largest absolute Gasteiger partial charge is 0.366 e. The summed E-state index contributed by atoms with van der Waals surface area (Å²) in [7, 11) is 1.87. The molecule has 0 aliphatic heterocycles. The maximum absolute atomic E-state index is 7.90. The van der Waals surface area contributed by atoms with Crippen molar-refractivity contribution in [3.63, 3.8) is 0 Å². The molecule has 0 fully saturated rings. The van der Waals surface area contributed by atoms with Crippen LogP contribution in [0.4, 0.5) is 0 Å². The Hall–Kier alpha value is -2.41. The van der Waals surface area contributed by atoms with Gasteiger partial charge in [-0.15, -0.1) is 0 Å². The lowest BCUT2D eigenvalue weighted by Crippen LogP contribution is -2.30. The minimum Gasteiger partial charge on any atom is -0.366 e. The molecule has 0 amide bonds.